The number of aromatic hydroxyl groups is 1. The molecule has 0 saturated carbocycles. The number of carboxylic acid groups (broad SMARTS) is 1. The number of phenolic OH excluding ortho intramolecular Hbond substituents is 1. The SMILES string of the molecule is NCCCCC(NC(=O)C(CC(N)=O)NC(=O)C(N)CC(N)=O)C(=O)NC(Cc1ccc(O)cc1)C(=O)O. The number of phenols is 1. The molecule has 4 unspecified atom stereocenters. The zero-order chi connectivity index (χ0) is 28.8. The molecule has 1 aromatic carbocycles. The van der Waals surface area contributed by atoms with Gasteiger partial charge in [0.05, 0.1) is 18.9 Å². The summed E-state index contributed by atoms with van der Waals surface area (Å²) in [5.41, 5.74) is 21.8. The van der Waals surface area contributed by atoms with E-state index < -0.39 is 72.5 Å². The lowest BCUT2D eigenvalue weighted by atomic mass is 10.0. The lowest BCUT2D eigenvalue weighted by Crippen LogP contribution is -2.58. The fourth-order valence-electron chi connectivity index (χ4n) is 3.37. The van der Waals surface area contributed by atoms with Crippen molar-refractivity contribution in [1.29, 1.82) is 0 Å². The van der Waals surface area contributed by atoms with E-state index in [2.05, 4.69) is 16.0 Å². The Balaban J connectivity index is 3.04. The van der Waals surface area contributed by atoms with E-state index in [-0.39, 0.29) is 18.6 Å². The van der Waals surface area contributed by atoms with E-state index >= 15 is 0 Å². The first-order valence-electron chi connectivity index (χ1n) is 11.8. The Labute approximate surface area is 218 Å². The minimum atomic E-state index is -1.53. The van der Waals surface area contributed by atoms with Crippen molar-refractivity contribution in [2.45, 2.75) is 62.7 Å². The number of amides is 5. The van der Waals surface area contributed by atoms with Crippen molar-refractivity contribution in [1.82, 2.24) is 16.0 Å². The smallest absolute Gasteiger partial charge is 0.326 e. The van der Waals surface area contributed by atoms with Gasteiger partial charge in [-0.2, -0.15) is 0 Å². The van der Waals surface area contributed by atoms with Crippen molar-refractivity contribution in [3.63, 3.8) is 0 Å². The molecule has 0 radical (unpaired) electrons. The molecule has 0 aromatic heterocycles. The monoisotopic (exact) mass is 537 g/mol. The molecule has 5 amide bonds. The molecule has 38 heavy (non-hydrogen) atoms. The third-order valence-electron chi connectivity index (χ3n) is 5.37. The third kappa shape index (κ3) is 11.7. The van der Waals surface area contributed by atoms with E-state index in [1.165, 1.54) is 24.3 Å². The van der Waals surface area contributed by atoms with Crippen molar-refractivity contribution in [2.24, 2.45) is 22.9 Å². The highest BCUT2D eigenvalue weighted by atomic mass is 16.4. The molecule has 1 aromatic rings. The Morgan fingerprint density at radius 1 is 0.763 bits per heavy atom. The maximum absolute atomic E-state index is 13.0. The number of aliphatic carboxylic acids is 1. The summed E-state index contributed by atoms with van der Waals surface area (Å²) in [6.45, 7) is 0.305. The van der Waals surface area contributed by atoms with Gasteiger partial charge in [0, 0.05) is 6.42 Å². The van der Waals surface area contributed by atoms with Crippen molar-refractivity contribution in [3.05, 3.63) is 29.8 Å². The average molecular weight is 538 g/mol. The predicted octanol–water partition coefficient (Wildman–Crippen LogP) is -3.32. The molecule has 1 rings (SSSR count). The number of nitrogens with two attached hydrogens (primary N) is 4. The second-order valence-corrected chi connectivity index (χ2v) is 8.62. The van der Waals surface area contributed by atoms with Gasteiger partial charge < -0.3 is 49.1 Å². The number of hydrogen-bond acceptors (Lipinski definition) is 9. The summed E-state index contributed by atoms with van der Waals surface area (Å²) in [7, 11) is 0. The lowest BCUT2D eigenvalue weighted by Gasteiger charge is -2.25. The second kappa shape index (κ2) is 15.8. The fraction of sp³-hybridized carbons (Fsp3) is 0.478. The maximum atomic E-state index is 13.0. The molecule has 0 heterocycles. The van der Waals surface area contributed by atoms with Crippen LogP contribution in [0.5, 0.6) is 5.75 Å². The molecule has 0 aliphatic carbocycles. The van der Waals surface area contributed by atoms with Gasteiger partial charge in [-0.15, -0.1) is 0 Å². The van der Waals surface area contributed by atoms with Gasteiger partial charge in [-0.25, -0.2) is 4.79 Å². The number of hydrogen-bond donors (Lipinski definition) is 9. The molecule has 15 heteroatoms. The summed E-state index contributed by atoms with van der Waals surface area (Å²) < 4.78 is 0. The fourth-order valence-corrected chi connectivity index (χ4v) is 3.37. The number of nitrogens with one attached hydrogen (secondary N) is 3. The average Bonchev–Trinajstić information content (AvgIpc) is 2.82. The molecular weight excluding hydrogens is 502 g/mol. The number of carbonyl (C=O) groups excluding carboxylic acids is 5. The quantitative estimate of drug-likeness (QED) is 0.0891. The van der Waals surface area contributed by atoms with Crippen LogP contribution >= 0.6 is 0 Å². The van der Waals surface area contributed by atoms with Crippen LogP contribution in [-0.2, 0) is 35.2 Å². The molecule has 13 N–H and O–H groups in total. The molecular formula is C23H35N7O8. The Hall–Kier alpha value is -4.24. The molecule has 0 fully saturated rings. The highest BCUT2D eigenvalue weighted by Gasteiger charge is 2.31. The van der Waals surface area contributed by atoms with Crippen molar-refractivity contribution in [2.75, 3.05) is 6.54 Å². The molecule has 0 saturated heterocycles. The summed E-state index contributed by atoms with van der Waals surface area (Å²) in [5, 5.41) is 26.0. The Bertz CT molecular complexity index is 1000. The standard InChI is InChI=1S/C23H35N7O8/c24-8-2-1-3-15(21(35)30-17(23(37)38)9-12-4-6-13(31)7-5-12)28-22(36)16(11-19(27)33)29-20(34)14(25)10-18(26)32/h4-7,14-17,31H,1-3,8-11,24-25H2,(H2,26,32)(H2,27,33)(H,28,36)(H,29,34)(H,30,35)(H,37,38). The highest BCUT2D eigenvalue weighted by molar-refractivity contribution is 5.96. The van der Waals surface area contributed by atoms with Crippen molar-refractivity contribution < 1.29 is 39.0 Å². The third-order valence-corrected chi connectivity index (χ3v) is 5.37. The summed E-state index contributed by atoms with van der Waals surface area (Å²) >= 11 is 0. The van der Waals surface area contributed by atoms with E-state index in [9.17, 15) is 39.0 Å². The normalized spacial score (nSPS) is 13.8. The Morgan fingerprint density at radius 2 is 1.29 bits per heavy atom. The molecule has 0 spiro atoms. The first kappa shape index (κ1) is 31.8. The summed E-state index contributed by atoms with van der Waals surface area (Å²) in [4.78, 5) is 72.5. The maximum Gasteiger partial charge on any atom is 0.326 e. The number of unbranched alkanes of at least 4 members (excludes halogenated alkanes) is 1. The van der Waals surface area contributed by atoms with Crippen molar-refractivity contribution in [3.8, 4) is 5.75 Å². The summed E-state index contributed by atoms with van der Waals surface area (Å²) in [5.74, 6) is -5.88. The Kier molecular flexibility index (Phi) is 13.2. The minimum Gasteiger partial charge on any atom is -0.508 e. The van der Waals surface area contributed by atoms with Gasteiger partial charge in [-0.05, 0) is 43.5 Å². The zero-order valence-corrected chi connectivity index (χ0v) is 20.7. The van der Waals surface area contributed by atoms with Crippen LogP contribution in [0.15, 0.2) is 24.3 Å². The first-order valence-corrected chi connectivity index (χ1v) is 11.8. The number of benzene rings is 1. The van der Waals surface area contributed by atoms with Gasteiger partial charge in [-0.1, -0.05) is 12.1 Å². The number of carbonyl (C=O) groups is 6. The number of primary amides is 2. The van der Waals surface area contributed by atoms with Crippen LogP contribution in [-0.4, -0.2) is 76.4 Å². The van der Waals surface area contributed by atoms with Crippen LogP contribution in [0.4, 0.5) is 0 Å². The van der Waals surface area contributed by atoms with Gasteiger partial charge in [0.15, 0.2) is 0 Å². The van der Waals surface area contributed by atoms with Crippen LogP contribution in [0, 0.1) is 0 Å². The van der Waals surface area contributed by atoms with Crippen molar-refractivity contribution >= 4 is 35.5 Å². The van der Waals surface area contributed by atoms with E-state index in [1.54, 1.807) is 0 Å². The topological polar surface area (TPSA) is 283 Å². The molecule has 210 valence electrons. The molecule has 0 bridgehead atoms. The van der Waals surface area contributed by atoms with E-state index in [4.69, 9.17) is 22.9 Å². The van der Waals surface area contributed by atoms with Gasteiger partial charge in [0.2, 0.25) is 29.5 Å². The predicted molar refractivity (Wildman–Crippen MR) is 134 cm³/mol. The van der Waals surface area contributed by atoms with Crippen LogP contribution in [0.2, 0.25) is 0 Å². The number of carboxylic acids is 1. The lowest BCUT2D eigenvalue weighted by molar-refractivity contribution is -0.142. The van der Waals surface area contributed by atoms with Crippen LogP contribution in [0.1, 0.15) is 37.7 Å². The van der Waals surface area contributed by atoms with Gasteiger partial charge in [0.1, 0.15) is 23.9 Å². The molecule has 0 aliphatic rings. The van der Waals surface area contributed by atoms with Crippen LogP contribution < -0.4 is 38.9 Å². The molecule has 0 aliphatic heterocycles. The van der Waals surface area contributed by atoms with E-state index in [0.717, 1.165) is 0 Å². The summed E-state index contributed by atoms with van der Waals surface area (Å²) in [6.07, 6.45) is -0.309. The molecule has 15 nitrogen and oxygen atoms in total. The summed E-state index contributed by atoms with van der Waals surface area (Å²) in [6, 6.07) is 0.196. The van der Waals surface area contributed by atoms with Gasteiger partial charge >= 0.3 is 5.97 Å². The minimum absolute atomic E-state index is 0.0134. The first-order chi connectivity index (χ1) is 17.8. The zero-order valence-electron chi connectivity index (χ0n) is 20.7. The van der Waals surface area contributed by atoms with E-state index in [1.807, 2.05) is 0 Å². The van der Waals surface area contributed by atoms with E-state index in [0.29, 0.717) is 24.9 Å². The Morgan fingerprint density at radius 3 is 1.82 bits per heavy atom. The van der Waals surface area contributed by atoms with Crippen LogP contribution in [0.25, 0.3) is 0 Å². The largest absolute Gasteiger partial charge is 0.508 e. The second-order valence-electron chi connectivity index (χ2n) is 8.62. The van der Waals surface area contributed by atoms with Gasteiger partial charge in [0.25, 0.3) is 0 Å². The van der Waals surface area contributed by atoms with Gasteiger partial charge in [-0.3, -0.25) is 24.0 Å². The van der Waals surface area contributed by atoms with Crippen LogP contribution in [0.3, 0.4) is 0 Å². The highest BCUT2D eigenvalue weighted by Crippen LogP contribution is 2.12. The number of rotatable bonds is 17. The molecule has 4 atom stereocenters.